The molecule has 0 aromatic heterocycles. The van der Waals surface area contributed by atoms with Gasteiger partial charge < -0.3 is 25.2 Å². The van der Waals surface area contributed by atoms with Crippen LogP contribution in [0.1, 0.15) is 11.1 Å². The summed E-state index contributed by atoms with van der Waals surface area (Å²) in [6.07, 6.45) is 4.24. The van der Waals surface area contributed by atoms with Gasteiger partial charge in [0, 0.05) is 33.3 Å². The van der Waals surface area contributed by atoms with Gasteiger partial charge in [-0.1, -0.05) is 121 Å². The Labute approximate surface area is 328 Å². The van der Waals surface area contributed by atoms with Gasteiger partial charge in [-0.2, -0.15) is 0 Å². The van der Waals surface area contributed by atoms with Crippen molar-refractivity contribution in [2.24, 2.45) is 0 Å². The number of rotatable bonds is 4. The summed E-state index contributed by atoms with van der Waals surface area (Å²) < 4.78 is 6.58. The quantitative estimate of drug-likeness (QED) is 0.185. The van der Waals surface area contributed by atoms with Gasteiger partial charge in [0.05, 0.1) is 56.9 Å². The highest BCUT2D eigenvalue weighted by Crippen LogP contribution is 2.61. The summed E-state index contributed by atoms with van der Waals surface area (Å²) in [5, 5.41) is 7.37. The molecule has 2 N–H and O–H groups in total. The molecule has 5 aliphatic heterocycles. The van der Waals surface area contributed by atoms with Gasteiger partial charge in [0.25, 0.3) is 0 Å². The number of para-hydroxylation sites is 6. The second-order valence-electron chi connectivity index (χ2n) is 14.0. The highest BCUT2D eigenvalue weighted by molar-refractivity contribution is 7.99. The van der Waals surface area contributed by atoms with Gasteiger partial charge in [0.1, 0.15) is 0 Å². The lowest BCUT2D eigenvalue weighted by molar-refractivity contribution is 0.477. The van der Waals surface area contributed by atoms with E-state index >= 15 is 0 Å². The van der Waals surface area contributed by atoms with E-state index < -0.39 is 0 Å². The summed E-state index contributed by atoms with van der Waals surface area (Å²) in [7, 11) is 0. The average Bonchev–Trinajstić information content (AvgIpc) is 3.91. The van der Waals surface area contributed by atoms with Gasteiger partial charge >= 0.3 is 0 Å². The molecule has 5 heterocycles. The highest BCUT2D eigenvalue weighted by atomic mass is 32.2. The number of nitrogens with zero attached hydrogens (tertiary/aromatic N) is 4. The summed E-state index contributed by atoms with van der Waals surface area (Å²) in [4.78, 5) is 12.0. The zero-order chi connectivity index (χ0) is 36.7. The molecule has 0 atom stereocenters. The van der Waals surface area contributed by atoms with E-state index in [1.165, 1.54) is 9.79 Å². The first-order valence-corrected chi connectivity index (χ1v) is 19.5. The van der Waals surface area contributed by atoms with Crippen LogP contribution in [0.3, 0.4) is 0 Å². The summed E-state index contributed by atoms with van der Waals surface area (Å²) in [5.41, 5.74) is 12.7. The minimum atomic E-state index is 0.804. The molecule has 266 valence electrons. The molecule has 56 heavy (non-hydrogen) atoms. The molecule has 0 bridgehead atoms. The topological polar surface area (TPSA) is 46.2 Å². The van der Waals surface area contributed by atoms with Crippen molar-refractivity contribution in [1.29, 1.82) is 0 Å². The Morgan fingerprint density at radius 1 is 0.357 bits per heavy atom. The first-order valence-electron chi connectivity index (χ1n) is 18.7. The summed E-state index contributed by atoms with van der Waals surface area (Å²) in [5.74, 6) is 3.54. The van der Waals surface area contributed by atoms with Crippen molar-refractivity contribution in [3.8, 4) is 11.5 Å². The second kappa shape index (κ2) is 12.1. The number of hydrogen-bond donors (Lipinski definition) is 2. The van der Waals surface area contributed by atoms with Crippen LogP contribution < -0.4 is 35.0 Å². The van der Waals surface area contributed by atoms with Crippen LogP contribution in [0.15, 0.2) is 204 Å². The Hall–Kier alpha value is -7.29. The number of ether oxygens (including phenoxy) is 1. The monoisotopic (exact) mass is 740 g/mol. The molecule has 0 radical (unpaired) electrons. The number of anilines is 8. The molecule has 0 unspecified atom stereocenters. The van der Waals surface area contributed by atoms with Gasteiger partial charge in [0.15, 0.2) is 23.1 Å². The predicted octanol–water partition coefficient (Wildman–Crippen LogP) is 12.2. The lowest BCUT2D eigenvalue weighted by Gasteiger charge is -2.42. The molecule has 7 aromatic carbocycles. The largest absolute Gasteiger partial charge is 0.453 e. The van der Waals surface area contributed by atoms with Crippen LogP contribution >= 0.6 is 11.8 Å². The first-order chi connectivity index (χ1) is 27.8. The van der Waals surface area contributed by atoms with E-state index in [1.54, 1.807) is 0 Å². The zero-order valence-electron chi connectivity index (χ0n) is 29.9. The van der Waals surface area contributed by atoms with Crippen molar-refractivity contribution in [2.75, 3.05) is 19.6 Å². The van der Waals surface area contributed by atoms with Crippen LogP contribution in [0.25, 0.3) is 11.4 Å². The van der Waals surface area contributed by atoms with Crippen LogP contribution in [0.2, 0.25) is 0 Å². The summed E-state index contributed by atoms with van der Waals surface area (Å²) >= 11 is 1.82. The highest BCUT2D eigenvalue weighted by Gasteiger charge is 2.42. The van der Waals surface area contributed by atoms with Gasteiger partial charge in [-0.05, 0) is 60.7 Å². The molecular formula is C48H32N6OS. The average molecular weight is 741 g/mol. The van der Waals surface area contributed by atoms with Crippen molar-refractivity contribution >= 4 is 68.7 Å². The van der Waals surface area contributed by atoms with Crippen molar-refractivity contribution in [3.63, 3.8) is 0 Å². The Morgan fingerprint density at radius 3 is 1.21 bits per heavy atom. The number of hydrogen-bond acceptors (Lipinski definition) is 8. The molecule has 0 saturated heterocycles. The fraction of sp³-hybridized carbons (Fsp3) is 0. The van der Waals surface area contributed by atoms with Crippen molar-refractivity contribution < 1.29 is 4.74 Å². The van der Waals surface area contributed by atoms with Crippen molar-refractivity contribution in [1.82, 2.24) is 10.6 Å². The van der Waals surface area contributed by atoms with Gasteiger partial charge in [-0.25, -0.2) is 0 Å². The Morgan fingerprint density at radius 2 is 0.732 bits per heavy atom. The van der Waals surface area contributed by atoms with Crippen molar-refractivity contribution in [2.45, 2.75) is 9.79 Å². The van der Waals surface area contributed by atoms with Crippen LogP contribution in [0, 0.1) is 0 Å². The van der Waals surface area contributed by atoms with E-state index in [4.69, 9.17) is 4.74 Å². The van der Waals surface area contributed by atoms with E-state index in [0.717, 1.165) is 91.2 Å². The standard InChI is InChI=1S/C48H32N6OS/c1-3-15-31(16-4-1)41-29-49-47-48-50-30-42(32-17-5-2-6-18-32)54(48)40-28-38(52-35-21-9-13-25-45(35)56-46-26-14-10-22-36(46)52)37(27-39(40)53(41)47)51-33-19-7-11-23-43(33)55-44-24-12-8-20-34(44)51/h1-30,49-50H. The minimum Gasteiger partial charge on any atom is -0.453 e. The fourth-order valence-electron chi connectivity index (χ4n) is 8.46. The van der Waals surface area contributed by atoms with Crippen LogP contribution in [-0.4, -0.2) is 0 Å². The zero-order valence-corrected chi connectivity index (χ0v) is 30.7. The SMILES string of the molecule is C1=C(c2ccccc2)N2C(=C3NC=C(c4ccccc4)N3c3cc(N4c5ccccc5Sc5ccccc54)c(N4c5ccccc5Oc5ccccc54)cc32)N1. The van der Waals surface area contributed by atoms with Gasteiger partial charge in [-0.15, -0.1) is 0 Å². The Kier molecular flexibility index (Phi) is 6.73. The lowest BCUT2D eigenvalue weighted by atomic mass is 10.0. The third-order valence-corrected chi connectivity index (χ3v) is 12.0. The fourth-order valence-corrected chi connectivity index (χ4v) is 9.52. The molecule has 7 nitrogen and oxygen atoms in total. The maximum atomic E-state index is 6.58. The maximum Gasteiger partial charge on any atom is 0.157 e. The first kappa shape index (κ1) is 31.1. The van der Waals surface area contributed by atoms with Crippen LogP contribution in [0.4, 0.5) is 45.5 Å². The van der Waals surface area contributed by atoms with Crippen LogP contribution in [0.5, 0.6) is 11.5 Å². The Bertz CT molecular complexity index is 2570. The number of fused-ring (bicyclic) bond motifs is 9. The third kappa shape index (κ3) is 4.53. The van der Waals surface area contributed by atoms with E-state index in [-0.39, 0.29) is 0 Å². The van der Waals surface area contributed by atoms with E-state index in [2.05, 4.69) is 200 Å². The Balaban J connectivity index is 1.19. The van der Waals surface area contributed by atoms with E-state index in [9.17, 15) is 0 Å². The molecule has 8 heteroatoms. The van der Waals surface area contributed by atoms with E-state index in [0.29, 0.717) is 0 Å². The molecule has 0 saturated carbocycles. The molecule has 0 spiro atoms. The molecule has 0 amide bonds. The second-order valence-corrected chi connectivity index (χ2v) is 15.1. The van der Waals surface area contributed by atoms with Crippen molar-refractivity contribution in [3.05, 3.63) is 205 Å². The van der Waals surface area contributed by atoms with Gasteiger partial charge in [0.2, 0.25) is 0 Å². The van der Waals surface area contributed by atoms with Crippen LogP contribution in [-0.2, 0) is 0 Å². The summed E-state index contributed by atoms with van der Waals surface area (Å²) in [6.45, 7) is 0. The lowest BCUT2D eigenvalue weighted by Crippen LogP contribution is -2.37. The maximum absolute atomic E-state index is 6.58. The molecular weight excluding hydrogens is 709 g/mol. The smallest absolute Gasteiger partial charge is 0.157 e. The minimum absolute atomic E-state index is 0.804. The molecule has 5 aliphatic rings. The molecule has 7 aromatic rings. The predicted molar refractivity (Wildman–Crippen MR) is 227 cm³/mol. The third-order valence-electron chi connectivity index (χ3n) is 10.9. The number of benzene rings is 7. The number of nitrogens with one attached hydrogen (secondary N) is 2. The van der Waals surface area contributed by atoms with Gasteiger partial charge in [-0.3, -0.25) is 9.80 Å². The molecule has 12 rings (SSSR count). The molecule has 0 fully saturated rings. The molecule has 0 aliphatic carbocycles. The van der Waals surface area contributed by atoms with E-state index in [1.807, 2.05) is 23.9 Å². The summed E-state index contributed by atoms with van der Waals surface area (Å²) in [6, 6.07) is 60.1. The normalized spacial score (nSPS) is 15.5.